The van der Waals surface area contributed by atoms with Crippen LogP contribution in [-0.2, 0) is 4.74 Å². The van der Waals surface area contributed by atoms with Crippen LogP contribution in [0.25, 0.3) is 0 Å². The fourth-order valence-corrected chi connectivity index (χ4v) is 7.61. The summed E-state index contributed by atoms with van der Waals surface area (Å²) in [4.78, 5) is 0. The van der Waals surface area contributed by atoms with Gasteiger partial charge in [0.2, 0.25) is 0 Å². The highest BCUT2D eigenvalue weighted by molar-refractivity contribution is 5.05. The quantitative estimate of drug-likeness (QED) is 0.802. The molecule has 1 N–H and O–H groups in total. The Balaban J connectivity index is 1.52. The van der Waals surface area contributed by atoms with Crippen LogP contribution in [0.1, 0.15) is 71.6 Å². The second-order valence-electron chi connectivity index (χ2n) is 9.57. The molecule has 2 heteroatoms. The maximum absolute atomic E-state index is 10.0. The van der Waals surface area contributed by atoms with E-state index in [2.05, 4.69) is 13.8 Å². The molecule has 0 saturated heterocycles. The maximum Gasteiger partial charge on any atom is 0.0599 e. The van der Waals surface area contributed by atoms with Gasteiger partial charge in [-0.1, -0.05) is 6.92 Å². The van der Waals surface area contributed by atoms with Crippen molar-refractivity contribution in [1.29, 1.82) is 0 Å². The summed E-state index contributed by atoms with van der Waals surface area (Å²) in [6.07, 6.45) is 12.4. The molecular weight excluding hydrogens is 284 g/mol. The van der Waals surface area contributed by atoms with Crippen molar-refractivity contribution in [3.63, 3.8) is 0 Å². The summed E-state index contributed by atoms with van der Waals surface area (Å²) in [6.45, 7) is 4.81. The molecule has 9 atom stereocenters. The highest BCUT2D eigenvalue weighted by Gasteiger charge is 2.56. The van der Waals surface area contributed by atoms with Crippen molar-refractivity contribution in [2.75, 3.05) is 7.11 Å². The number of hydrogen-bond donors (Lipinski definition) is 1. The van der Waals surface area contributed by atoms with Crippen molar-refractivity contribution in [3.05, 3.63) is 0 Å². The van der Waals surface area contributed by atoms with Crippen molar-refractivity contribution in [2.24, 2.45) is 40.9 Å². The number of fused-ring (bicyclic) bond motifs is 5. The predicted molar refractivity (Wildman–Crippen MR) is 93.1 cm³/mol. The smallest absolute Gasteiger partial charge is 0.0599 e. The Labute approximate surface area is 142 Å². The number of aliphatic hydroxyl groups is 1. The summed E-state index contributed by atoms with van der Waals surface area (Å²) in [5.41, 5.74) is 0.407. The molecule has 9 unspecified atom stereocenters. The lowest BCUT2D eigenvalue weighted by molar-refractivity contribution is -0.0793. The normalized spacial score (nSPS) is 54.0. The van der Waals surface area contributed by atoms with Crippen molar-refractivity contribution in [1.82, 2.24) is 0 Å². The monoisotopic (exact) mass is 320 g/mol. The largest absolute Gasteiger partial charge is 0.393 e. The lowest BCUT2D eigenvalue weighted by Gasteiger charge is -2.54. The van der Waals surface area contributed by atoms with Crippen LogP contribution >= 0.6 is 0 Å². The van der Waals surface area contributed by atoms with Gasteiger partial charge in [0.05, 0.1) is 12.2 Å². The number of hydrogen-bond acceptors (Lipinski definition) is 2. The van der Waals surface area contributed by atoms with Gasteiger partial charge in [-0.3, -0.25) is 0 Å². The van der Waals surface area contributed by atoms with Gasteiger partial charge in [-0.2, -0.15) is 0 Å². The minimum atomic E-state index is 0.00136. The minimum absolute atomic E-state index is 0.00136. The van der Waals surface area contributed by atoms with E-state index in [4.69, 9.17) is 4.74 Å². The van der Waals surface area contributed by atoms with Crippen LogP contribution in [0.3, 0.4) is 0 Å². The molecule has 0 aromatic carbocycles. The third-order valence-electron chi connectivity index (χ3n) is 9.01. The first-order valence-corrected chi connectivity index (χ1v) is 10.3. The van der Waals surface area contributed by atoms with E-state index in [0.717, 1.165) is 48.3 Å². The molecule has 132 valence electrons. The van der Waals surface area contributed by atoms with E-state index < -0.39 is 0 Å². The van der Waals surface area contributed by atoms with Crippen molar-refractivity contribution >= 4 is 0 Å². The van der Waals surface area contributed by atoms with Crippen LogP contribution in [0.15, 0.2) is 0 Å². The van der Waals surface area contributed by atoms with Crippen LogP contribution in [0.2, 0.25) is 0 Å². The lowest BCUT2D eigenvalue weighted by atomic mass is 9.52. The van der Waals surface area contributed by atoms with Crippen LogP contribution in [-0.4, -0.2) is 24.4 Å². The van der Waals surface area contributed by atoms with Crippen molar-refractivity contribution in [2.45, 2.75) is 83.8 Å². The number of ether oxygens (including phenoxy) is 1. The first kappa shape index (κ1) is 16.4. The second-order valence-corrected chi connectivity index (χ2v) is 9.57. The Morgan fingerprint density at radius 3 is 2.39 bits per heavy atom. The number of methoxy groups -OCH3 is 1. The van der Waals surface area contributed by atoms with Crippen LogP contribution in [0, 0.1) is 40.9 Å². The Kier molecular flexibility index (Phi) is 4.29. The maximum atomic E-state index is 10.0. The molecule has 0 heterocycles. The van der Waals surface area contributed by atoms with E-state index in [1.165, 1.54) is 44.9 Å². The van der Waals surface area contributed by atoms with Crippen LogP contribution in [0.5, 0.6) is 0 Å². The molecule has 4 fully saturated rings. The number of rotatable bonds is 2. The first-order valence-electron chi connectivity index (χ1n) is 10.3. The average molecular weight is 321 g/mol. The van der Waals surface area contributed by atoms with Gasteiger partial charge in [0.15, 0.2) is 0 Å². The Hall–Kier alpha value is -0.0800. The summed E-state index contributed by atoms with van der Waals surface area (Å²) >= 11 is 0. The molecule has 0 aromatic rings. The Morgan fingerprint density at radius 1 is 0.913 bits per heavy atom. The van der Waals surface area contributed by atoms with E-state index in [1.54, 1.807) is 0 Å². The molecule has 23 heavy (non-hydrogen) atoms. The van der Waals surface area contributed by atoms with Crippen LogP contribution < -0.4 is 0 Å². The molecule has 2 nitrogen and oxygen atoms in total. The van der Waals surface area contributed by atoms with Gasteiger partial charge < -0.3 is 9.84 Å². The zero-order valence-electron chi connectivity index (χ0n) is 15.3. The van der Waals surface area contributed by atoms with E-state index in [1.807, 2.05) is 7.11 Å². The van der Waals surface area contributed by atoms with E-state index in [-0.39, 0.29) is 6.10 Å². The molecule has 0 aromatic heterocycles. The van der Waals surface area contributed by atoms with E-state index >= 15 is 0 Å². The molecule has 4 rings (SSSR count). The predicted octanol–water partition coefficient (Wildman–Crippen LogP) is 4.65. The van der Waals surface area contributed by atoms with Gasteiger partial charge in [-0.05, 0) is 106 Å². The van der Waals surface area contributed by atoms with Crippen molar-refractivity contribution in [3.8, 4) is 0 Å². The SMILES string of the molecule is COC(C)C1(C)CCC2C3CCC4CC(O)CCC4C3CCC21. The molecule has 0 amide bonds. The molecule has 0 spiro atoms. The highest BCUT2D eigenvalue weighted by Crippen LogP contribution is 2.63. The summed E-state index contributed by atoms with van der Waals surface area (Å²) in [6, 6.07) is 0. The third kappa shape index (κ3) is 2.51. The van der Waals surface area contributed by atoms with Gasteiger partial charge in [0.25, 0.3) is 0 Å². The summed E-state index contributed by atoms with van der Waals surface area (Å²) < 4.78 is 5.79. The summed E-state index contributed by atoms with van der Waals surface area (Å²) in [5.74, 6) is 5.58. The second kappa shape index (κ2) is 6.02. The molecule has 4 aliphatic rings. The average Bonchev–Trinajstić information content (AvgIpc) is 2.92. The standard InChI is InChI=1S/C21H36O2/c1-13(23-3)21(2)11-10-19-18-6-4-14-12-15(22)5-7-16(14)17(18)8-9-20(19)21/h13-20,22H,4-12H2,1-3H3. The molecular formula is C21H36O2. The third-order valence-corrected chi connectivity index (χ3v) is 9.01. The topological polar surface area (TPSA) is 29.5 Å². The Bertz CT molecular complexity index is 436. The van der Waals surface area contributed by atoms with E-state index in [0.29, 0.717) is 11.5 Å². The minimum Gasteiger partial charge on any atom is -0.393 e. The molecule has 0 radical (unpaired) electrons. The molecule has 4 aliphatic carbocycles. The zero-order chi connectivity index (χ0) is 16.2. The molecule has 0 aliphatic heterocycles. The van der Waals surface area contributed by atoms with Gasteiger partial charge in [0, 0.05) is 7.11 Å². The van der Waals surface area contributed by atoms with Crippen LogP contribution in [0.4, 0.5) is 0 Å². The Morgan fingerprint density at radius 2 is 1.61 bits per heavy atom. The zero-order valence-corrected chi connectivity index (χ0v) is 15.3. The van der Waals surface area contributed by atoms with Gasteiger partial charge >= 0.3 is 0 Å². The van der Waals surface area contributed by atoms with E-state index in [9.17, 15) is 5.11 Å². The van der Waals surface area contributed by atoms with Gasteiger partial charge in [-0.15, -0.1) is 0 Å². The van der Waals surface area contributed by atoms with Gasteiger partial charge in [-0.25, -0.2) is 0 Å². The molecule has 4 saturated carbocycles. The number of aliphatic hydroxyl groups excluding tert-OH is 1. The highest BCUT2D eigenvalue weighted by atomic mass is 16.5. The lowest BCUT2D eigenvalue weighted by Crippen LogP contribution is -2.48. The fourth-order valence-electron chi connectivity index (χ4n) is 7.61. The summed E-state index contributed by atoms with van der Waals surface area (Å²) in [5, 5.41) is 10.0. The molecule has 0 bridgehead atoms. The van der Waals surface area contributed by atoms with Crippen molar-refractivity contribution < 1.29 is 9.84 Å². The first-order chi connectivity index (χ1) is 11.0. The fraction of sp³-hybridized carbons (Fsp3) is 1.00. The summed E-state index contributed by atoms with van der Waals surface area (Å²) in [7, 11) is 1.90. The van der Waals surface area contributed by atoms with Gasteiger partial charge in [0.1, 0.15) is 0 Å².